The summed E-state index contributed by atoms with van der Waals surface area (Å²) in [5.74, 6) is 0.632. The molecule has 7 nitrogen and oxygen atoms in total. The molecule has 0 aliphatic rings. The molecule has 128 valence electrons. The molecule has 0 atom stereocenters. The first-order valence-electron chi connectivity index (χ1n) is 8.06. The van der Waals surface area contributed by atoms with Crippen LogP contribution in [-0.2, 0) is 14.1 Å². The predicted molar refractivity (Wildman–Crippen MR) is 96.7 cm³/mol. The Hall–Kier alpha value is -3.09. The Morgan fingerprint density at radius 1 is 0.880 bits per heavy atom. The Balaban J connectivity index is 2.24. The van der Waals surface area contributed by atoms with E-state index >= 15 is 0 Å². The summed E-state index contributed by atoms with van der Waals surface area (Å²) < 4.78 is 6.39. The summed E-state index contributed by atoms with van der Waals surface area (Å²) >= 11 is 0. The quantitative estimate of drug-likeness (QED) is 0.530. The molecule has 0 spiro atoms. The predicted octanol–water partition coefficient (Wildman–Crippen LogP) is 1.60. The van der Waals surface area contributed by atoms with Crippen molar-refractivity contribution in [2.24, 2.45) is 14.1 Å². The minimum Gasteiger partial charge on any atom is -0.283 e. The molecule has 0 saturated carbocycles. The molecule has 3 aromatic heterocycles. The molecule has 0 bridgehead atoms. The summed E-state index contributed by atoms with van der Waals surface area (Å²) in [6.45, 7) is 6.00. The number of aromatic nitrogens is 5. The zero-order chi connectivity index (χ0) is 18.0. The van der Waals surface area contributed by atoms with E-state index in [1.807, 2.05) is 54.0 Å². The van der Waals surface area contributed by atoms with Crippen LogP contribution in [0.4, 0.5) is 0 Å². The van der Waals surface area contributed by atoms with E-state index in [0.29, 0.717) is 16.9 Å². The number of aryl methyl sites for hydroxylation is 3. The molecular formula is C18H19N5O2. The van der Waals surface area contributed by atoms with E-state index in [1.165, 1.54) is 17.2 Å². The van der Waals surface area contributed by atoms with E-state index in [1.54, 1.807) is 7.05 Å². The SMILES string of the molecule is Cc1ccc(-n2c(C)c(C)n3c4c(=O)n(C)c(=O)n(C)c4nc23)cc1. The van der Waals surface area contributed by atoms with E-state index < -0.39 is 0 Å². The van der Waals surface area contributed by atoms with E-state index in [-0.39, 0.29) is 11.2 Å². The second kappa shape index (κ2) is 4.95. The van der Waals surface area contributed by atoms with Gasteiger partial charge in [0.25, 0.3) is 5.56 Å². The van der Waals surface area contributed by atoms with Gasteiger partial charge in [0.2, 0.25) is 5.78 Å². The first-order valence-corrected chi connectivity index (χ1v) is 8.06. The van der Waals surface area contributed by atoms with Crippen LogP contribution in [0.1, 0.15) is 17.0 Å². The molecule has 0 aliphatic heterocycles. The molecule has 3 heterocycles. The van der Waals surface area contributed by atoms with E-state index in [4.69, 9.17) is 0 Å². The molecule has 0 aliphatic carbocycles. The van der Waals surface area contributed by atoms with Crippen LogP contribution in [0.3, 0.4) is 0 Å². The largest absolute Gasteiger partial charge is 0.332 e. The fourth-order valence-electron chi connectivity index (χ4n) is 3.33. The lowest BCUT2D eigenvalue weighted by atomic mass is 10.2. The maximum atomic E-state index is 12.7. The summed E-state index contributed by atoms with van der Waals surface area (Å²) in [4.78, 5) is 29.6. The smallest absolute Gasteiger partial charge is 0.283 e. The Labute approximate surface area is 143 Å². The molecule has 4 rings (SSSR count). The minimum atomic E-state index is -0.380. The van der Waals surface area contributed by atoms with Gasteiger partial charge in [-0.1, -0.05) is 17.7 Å². The fraction of sp³-hybridized carbons (Fsp3) is 0.278. The second-order valence-corrected chi connectivity index (χ2v) is 6.47. The van der Waals surface area contributed by atoms with Gasteiger partial charge in [0.1, 0.15) is 0 Å². The molecule has 0 fully saturated rings. The minimum absolute atomic E-state index is 0.338. The lowest BCUT2D eigenvalue weighted by Gasteiger charge is -2.07. The molecule has 0 radical (unpaired) electrons. The molecule has 4 aromatic rings. The second-order valence-electron chi connectivity index (χ2n) is 6.47. The average molecular weight is 337 g/mol. The Morgan fingerprint density at radius 3 is 2.16 bits per heavy atom. The third-order valence-electron chi connectivity index (χ3n) is 4.93. The molecular weight excluding hydrogens is 318 g/mol. The zero-order valence-corrected chi connectivity index (χ0v) is 14.9. The summed E-state index contributed by atoms with van der Waals surface area (Å²) in [6.07, 6.45) is 0. The highest BCUT2D eigenvalue weighted by Gasteiger charge is 2.22. The normalized spacial score (nSPS) is 11.7. The topological polar surface area (TPSA) is 66.2 Å². The van der Waals surface area contributed by atoms with Crippen molar-refractivity contribution >= 4 is 16.9 Å². The lowest BCUT2D eigenvalue weighted by molar-refractivity contribution is 0.707. The number of nitrogens with zero attached hydrogens (tertiary/aromatic N) is 5. The molecule has 0 unspecified atom stereocenters. The number of imidazole rings is 2. The summed E-state index contributed by atoms with van der Waals surface area (Å²) in [5.41, 5.74) is 4.17. The first kappa shape index (κ1) is 15.4. The first-order chi connectivity index (χ1) is 11.8. The fourth-order valence-corrected chi connectivity index (χ4v) is 3.33. The standard InChI is InChI=1S/C18H19N5O2/c1-10-6-8-13(9-7-10)22-11(2)12(3)23-14-15(19-17(22)23)20(4)18(25)21(5)16(14)24/h6-9H,1-5H3. The summed E-state index contributed by atoms with van der Waals surface area (Å²) in [7, 11) is 3.12. The van der Waals surface area contributed by atoms with Crippen LogP contribution < -0.4 is 11.2 Å². The highest BCUT2D eigenvalue weighted by molar-refractivity contribution is 5.77. The average Bonchev–Trinajstić information content (AvgIpc) is 3.09. The maximum absolute atomic E-state index is 12.7. The Morgan fingerprint density at radius 2 is 1.52 bits per heavy atom. The van der Waals surface area contributed by atoms with Crippen molar-refractivity contribution in [3.8, 4) is 5.69 Å². The highest BCUT2D eigenvalue weighted by atomic mass is 16.2. The van der Waals surface area contributed by atoms with Gasteiger partial charge in [0, 0.05) is 31.2 Å². The lowest BCUT2D eigenvalue weighted by Crippen LogP contribution is -2.37. The summed E-state index contributed by atoms with van der Waals surface area (Å²) in [5, 5.41) is 0. The Kier molecular flexibility index (Phi) is 3.06. The number of rotatable bonds is 1. The van der Waals surface area contributed by atoms with Crippen molar-refractivity contribution in [1.82, 2.24) is 23.1 Å². The monoisotopic (exact) mass is 337 g/mol. The van der Waals surface area contributed by atoms with Gasteiger partial charge in [-0.05, 0) is 32.9 Å². The van der Waals surface area contributed by atoms with Gasteiger partial charge in [-0.25, -0.2) is 4.79 Å². The van der Waals surface area contributed by atoms with Gasteiger partial charge in [0.15, 0.2) is 11.2 Å². The van der Waals surface area contributed by atoms with E-state index in [2.05, 4.69) is 4.98 Å². The number of hydrogen-bond acceptors (Lipinski definition) is 3. The third kappa shape index (κ3) is 1.89. The van der Waals surface area contributed by atoms with Gasteiger partial charge in [-0.2, -0.15) is 4.98 Å². The van der Waals surface area contributed by atoms with E-state index in [9.17, 15) is 9.59 Å². The van der Waals surface area contributed by atoms with Crippen molar-refractivity contribution in [2.75, 3.05) is 0 Å². The van der Waals surface area contributed by atoms with Crippen molar-refractivity contribution in [3.63, 3.8) is 0 Å². The van der Waals surface area contributed by atoms with Crippen molar-refractivity contribution in [2.45, 2.75) is 20.8 Å². The number of hydrogen-bond donors (Lipinski definition) is 0. The van der Waals surface area contributed by atoms with Crippen molar-refractivity contribution in [3.05, 3.63) is 62.1 Å². The van der Waals surface area contributed by atoms with Gasteiger partial charge in [-0.3, -0.25) is 22.9 Å². The molecule has 0 amide bonds. The molecule has 7 heteroatoms. The van der Waals surface area contributed by atoms with Crippen LogP contribution in [0.15, 0.2) is 33.9 Å². The van der Waals surface area contributed by atoms with Gasteiger partial charge >= 0.3 is 5.69 Å². The van der Waals surface area contributed by atoms with Gasteiger partial charge in [-0.15, -0.1) is 0 Å². The number of benzene rings is 1. The van der Waals surface area contributed by atoms with Gasteiger partial charge in [0.05, 0.1) is 0 Å². The molecule has 1 aromatic carbocycles. The third-order valence-corrected chi connectivity index (χ3v) is 4.93. The van der Waals surface area contributed by atoms with Crippen molar-refractivity contribution in [1.29, 1.82) is 0 Å². The molecule has 25 heavy (non-hydrogen) atoms. The van der Waals surface area contributed by atoms with Crippen LogP contribution in [0.5, 0.6) is 0 Å². The van der Waals surface area contributed by atoms with Crippen LogP contribution in [0, 0.1) is 20.8 Å². The van der Waals surface area contributed by atoms with Crippen LogP contribution in [0.25, 0.3) is 22.6 Å². The zero-order valence-electron chi connectivity index (χ0n) is 14.9. The van der Waals surface area contributed by atoms with Crippen LogP contribution in [0.2, 0.25) is 0 Å². The highest BCUT2D eigenvalue weighted by Crippen LogP contribution is 2.24. The summed E-state index contributed by atoms with van der Waals surface area (Å²) in [6, 6.07) is 8.13. The van der Waals surface area contributed by atoms with Crippen LogP contribution >= 0.6 is 0 Å². The molecule has 0 N–H and O–H groups in total. The Bertz CT molecular complexity index is 1270. The van der Waals surface area contributed by atoms with Gasteiger partial charge < -0.3 is 0 Å². The van der Waals surface area contributed by atoms with Crippen molar-refractivity contribution < 1.29 is 0 Å². The molecule has 0 saturated heterocycles. The van der Waals surface area contributed by atoms with Crippen LogP contribution in [-0.4, -0.2) is 23.1 Å². The van der Waals surface area contributed by atoms with E-state index in [0.717, 1.165) is 21.6 Å². The number of fused-ring (bicyclic) bond motifs is 3. The maximum Gasteiger partial charge on any atom is 0.332 e.